The number of benzene rings is 1. The van der Waals surface area contributed by atoms with Crippen LogP contribution < -0.4 is 9.47 Å². The zero-order chi connectivity index (χ0) is 21.5. The van der Waals surface area contributed by atoms with E-state index in [1.165, 1.54) is 12.0 Å². The van der Waals surface area contributed by atoms with Gasteiger partial charge in [-0.25, -0.2) is 4.79 Å². The molecule has 5 heteroatoms. The van der Waals surface area contributed by atoms with Crippen LogP contribution in [0.3, 0.4) is 0 Å². The number of allylic oxidation sites excluding steroid dienone is 1. The number of likely N-dealkylation sites (tertiary alicyclic amines) is 1. The van der Waals surface area contributed by atoms with Gasteiger partial charge >= 0.3 is 6.09 Å². The van der Waals surface area contributed by atoms with Gasteiger partial charge in [0.2, 0.25) is 6.79 Å². The first-order valence-electron chi connectivity index (χ1n) is 12.1. The second kappa shape index (κ2) is 8.40. The van der Waals surface area contributed by atoms with Crippen molar-refractivity contribution in [3.05, 3.63) is 29.8 Å². The fraction of sp³-hybridized carbons (Fsp3) is 0.654. The van der Waals surface area contributed by atoms with Crippen LogP contribution in [0.2, 0.25) is 0 Å². The molecule has 4 aliphatic rings. The molecule has 1 saturated heterocycles. The molecule has 0 radical (unpaired) electrons. The molecule has 5 rings (SSSR count). The number of carbonyl (C=O) groups excluding carboxylic acids is 1. The van der Waals surface area contributed by atoms with Gasteiger partial charge in [0.05, 0.1) is 6.04 Å². The summed E-state index contributed by atoms with van der Waals surface area (Å²) in [5, 5.41) is 0. The number of nitrogens with zero attached hydrogens (tertiary/aromatic N) is 1. The van der Waals surface area contributed by atoms with Crippen molar-refractivity contribution in [2.45, 2.75) is 71.4 Å². The van der Waals surface area contributed by atoms with Crippen LogP contribution in [0.4, 0.5) is 4.79 Å². The number of hydrogen-bond acceptors (Lipinski definition) is 4. The second-order valence-corrected chi connectivity index (χ2v) is 10.2. The van der Waals surface area contributed by atoms with Crippen LogP contribution in [-0.4, -0.2) is 36.5 Å². The monoisotopic (exact) mass is 425 g/mol. The topological polar surface area (TPSA) is 48.0 Å². The number of rotatable bonds is 3. The van der Waals surface area contributed by atoms with Crippen molar-refractivity contribution in [3.63, 3.8) is 0 Å². The van der Waals surface area contributed by atoms with Gasteiger partial charge in [-0.3, -0.25) is 0 Å². The van der Waals surface area contributed by atoms with Gasteiger partial charge < -0.3 is 19.1 Å². The summed E-state index contributed by atoms with van der Waals surface area (Å²) < 4.78 is 17.3. The van der Waals surface area contributed by atoms with E-state index in [1.807, 2.05) is 11.0 Å². The molecule has 2 heterocycles. The lowest BCUT2D eigenvalue weighted by Gasteiger charge is -2.39. The van der Waals surface area contributed by atoms with Crippen molar-refractivity contribution in [3.8, 4) is 11.5 Å². The number of hydrogen-bond donors (Lipinski definition) is 0. The Morgan fingerprint density at radius 1 is 1.13 bits per heavy atom. The zero-order valence-corrected chi connectivity index (χ0v) is 19.0. The Bertz CT molecular complexity index is 863. The van der Waals surface area contributed by atoms with E-state index in [1.54, 1.807) is 0 Å². The van der Waals surface area contributed by atoms with Crippen molar-refractivity contribution in [2.24, 2.45) is 23.7 Å². The van der Waals surface area contributed by atoms with E-state index in [4.69, 9.17) is 14.2 Å². The van der Waals surface area contributed by atoms with Gasteiger partial charge in [-0.2, -0.15) is 0 Å². The Morgan fingerprint density at radius 2 is 1.97 bits per heavy atom. The van der Waals surface area contributed by atoms with E-state index in [-0.39, 0.29) is 25.0 Å². The van der Waals surface area contributed by atoms with Gasteiger partial charge in [0, 0.05) is 6.54 Å². The summed E-state index contributed by atoms with van der Waals surface area (Å²) in [5.41, 5.74) is 2.37. The molecule has 5 atom stereocenters. The maximum atomic E-state index is 13.4. The first kappa shape index (κ1) is 20.7. The molecule has 2 aliphatic heterocycles. The molecule has 2 aliphatic carbocycles. The Balaban J connectivity index is 1.36. The minimum absolute atomic E-state index is 0.0388. The van der Waals surface area contributed by atoms with E-state index in [9.17, 15) is 4.79 Å². The number of fused-ring (bicyclic) bond motifs is 2. The SMILES string of the molecule is CC(C)[C@@H]1CC[C@@H](C)C[C@H]1OC(=O)N1CC[C@@H]2CCC=C(c3ccc4c(c3)OCO4)[C@@H]21. The average molecular weight is 426 g/mol. The minimum atomic E-state index is -0.120. The van der Waals surface area contributed by atoms with Crippen molar-refractivity contribution < 1.29 is 19.0 Å². The van der Waals surface area contributed by atoms with E-state index < -0.39 is 0 Å². The molecule has 0 bridgehead atoms. The van der Waals surface area contributed by atoms with Gasteiger partial charge in [-0.1, -0.05) is 39.3 Å². The first-order chi connectivity index (χ1) is 15.0. The van der Waals surface area contributed by atoms with E-state index in [0.717, 1.165) is 55.7 Å². The molecule has 1 aromatic rings. The third kappa shape index (κ3) is 3.92. The highest BCUT2D eigenvalue weighted by Crippen LogP contribution is 2.44. The van der Waals surface area contributed by atoms with E-state index >= 15 is 0 Å². The quantitative estimate of drug-likeness (QED) is 0.607. The molecular weight excluding hydrogens is 390 g/mol. The maximum Gasteiger partial charge on any atom is 0.410 e. The molecule has 1 amide bonds. The smallest absolute Gasteiger partial charge is 0.410 e. The van der Waals surface area contributed by atoms with Gasteiger partial charge in [-0.05, 0) is 79.0 Å². The molecular formula is C26H35NO4. The van der Waals surface area contributed by atoms with Crippen LogP contribution in [0.15, 0.2) is 24.3 Å². The van der Waals surface area contributed by atoms with Crippen molar-refractivity contribution in [2.75, 3.05) is 13.3 Å². The summed E-state index contributed by atoms with van der Waals surface area (Å²) in [6, 6.07) is 6.24. The predicted molar refractivity (Wildman–Crippen MR) is 120 cm³/mol. The lowest BCUT2D eigenvalue weighted by atomic mass is 9.75. The number of carbonyl (C=O) groups is 1. The highest BCUT2D eigenvalue weighted by atomic mass is 16.7. The van der Waals surface area contributed by atoms with Gasteiger partial charge in [0.25, 0.3) is 0 Å². The number of ether oxygens (including phenoxy) is 3. The van der Waals surface area contributed by atoms with Crippen LogP contribution >= 0.6 is 0 Å². The fourth-order valence-corrected chi connectivity index (χ4v) is 6.17. The summed E-state index contributed by atoms with van der Waals surface area (Å²) >= 11 is 0. The van der Waals surface area contributed by atoms with Crippen LogP contribution in [0.1, 0.15) is 64.9 Å². The normalized spacial score (nSPS) is 32.1. The van der Waals surface area contributed by atoms with Gasteiger partial charge in [0.15, 0.2) is 11.5 Å². The van der Waals surface area contributed by atoms with Crippen LogP contribution in [0, 0.1) is 23.7 Å². The van der Waals surface area contributed by atoms with Crippen LogP contribution in [0.5, 0.6) is 11.5 Å². The lowest BCUT2D eigenvalue weighted by Crippen LogP contribution is -2.44. The van der Waals surface area contributed by atoms with E-state index in [0.29, 0.717) is 23.7 Å². The summed E-state index contributed by atoms with van der Waals surface area (Å²) in [7, 11) is 0. The van der Waals surface area contributed by atoms with E-state index in [2.05, 4.69) is 39.0 Å². The van der Waals surface area contributed by atoms with Crippen molar-refractivity contribution >= 4 is 11.7 Å². The molecule has 1 saturated carbocycles. The third-order valence-corrected chi connectivity index (χ3v) is 7.90. The molecule has 2 fully saturated rings. The summed E-state index contributed by atoms with van der Waals surface area (Å²) in [4.78, 5) is 15.4. The maximum absolute atomic E-state index is 13.4. The highest BCUT2D eigenvalue weighted by Gasteiger charge is 2.43. The molecule has 5 nitrogen and oxygen atoms in total. The largest absolute Gasteiger partial charge is 0.454 e. The van der Waals surface area contributed by atoms with Crippen molar-refractivity contribution in [1.29, 1.82) is 0 Å². The minimum Gasteiger partial charge on any atom is -0.454 e. The second-order valence-electron chi connectivity index (χ2n) is 10.2. The zero-order valence-electron chi connectivity index (χ0n) is 19.0. The first-order valence-corrected chi connectivity index (χ1v) is 12.1. The highest BCUT2D eigenvalue weighted by molar-refractivity contribution is 5.79. The Kier molecular flexibility index (Phi) is 5.61. The fourth-order valence-electron chi connectivity index (χ4n) is 6.17. The van der Waals surface area contributed by atoms with Crippen molar-refractivity contribution in [1.82, 2.24) is 4.90 Å². The molecule has 0 spiro atoms. The molecule has 0 unspecified atom stereocenters. The Hall–Kier alpha value is -2.17. The van der Waals surface area contributed by atoms with Crippen LogP contribution in [-0.2, 0) is 4.74 Å². The van der Waals surface area contributed by atoms with Gasteiger partial charge in [0.1, 0.15) is 6.10 Å². The van der Waals surface area contributed by atoms with Crippen LogP contribution in [0.25, 0.3) is 5.57 Å². The average Bonchev–Trinajstić information content (AvgIpc) is 3.39. The number of amides is 1. The standard InChI is InChI=1S/C26H35NO4/c1-16(2)20-9-7-17(3)13-23(20)31-26(28)27-12-11-18-5-4-6-21(25(18)27)19-8-10-22-24(14-19)30-15-29-22/h6,8,10,14,16-18,20,23,25H,4-5,7,9,11-13,15H2,1-3H3/t17-,18+,20+,23-,25-/m1/s1. The summed E-state index contributed by atoms with van der Waals surface area (Å²) in [6.45, 7) is 7.86. The molecule has 1 aromatic carbocycles. The third-order valence-electron chi connectivity index (χ3n) is 7.90. The lowest BCUT2D eigenvalue weighted by molar-refractivity contribution is -0.0105. The predicted octanol–water partition coefficient (Wildman–Crippen LogP) is 5.88. The molecule has 168 valence electrons. The molecule has 0 N–H and O–H groups in total. The summed E-state index contributed by atoms with van der Waals surface area (Å²) in [5.74, 6) is 3.72. The Labute approximate surface area is 185 Å². The molecule has 31 heavy (non-hydrogen) atoms. The summed E-state index contributed by atoms with van der Waals surface area (Å²) in [6.07, 6.45) is 8.86. The Morgan fingerprint density at radius 3 is 2.81 bits per heavy atom. The van der Waals surface area contributed by atoms with Gasteiger partial charge in [-0.15, -0.1) is 0 Å². The molecule has 0 aromatic heterocycles.